The number of anilines is 1. The summed E-state index contributed by atoms with van der Waals surface area (Å²) in [6.07, 6.45) is 0. The van der Waals surface area contributed by atoms with Gasteiger partial charge in [0.2, 0.25) is 0 Å². The van der Waals surface area contributed by atoms with Crippen molar-refractivity contribution >= 4 is 23.4 Å². The maximum absolute atomic E-state index is 13.8. The molecule has 2 rings (SSSR count). The van der Waals surface area contributed by atoms with Crippen LogP contribution in [0, 0.1) is 12.7 Å². The topological polar surface area (TPSA) is 29.1 Å². The van der Waals surface area contributed by atoms with Gasteiger partial charge in [-0.2, -0.15) is 8.78 Å². The number of carbonyl (C=O) groups excluding carboxylic acids is 1. The largest absolute Gasteiger partial charge is 0.322 e. The molecule has 2 aromatic rings. The highest BCUT2D eigenvalue weighted by atomic mass is 32.2. The molecule has 1 N–H and O–H groups in total. The van der Waals surface area contributed by atoms with Gasteiger partial charge in [0.15, 0.2) is 0 Å². The Hall–Kier alpha value is -1.95. The minimum atomic E-state index is -2.49. The van der Waals surface area contributed by atoms with E-state index < -0.39 is 17.5 Å². The van der Waals surface area contributed by atoms with E-state index in [-0.39, 0.29) is 5.56 Å². The molecule has 0 atom stereocenters. The summed E-state index contributed by atoms with van der Waals surface area (Å²) < 4.78 is 38.2. The lowest BCUT2D eigenvalue weighted by atomic mass is 10.1. The zero-order valence-corrected chi connectivity index (χ0v) is 11.9. The number of aryl methyl sites for hydroxylation is 1. The van der Waals surface area contributed by atoms with Gasteiger partial charge < -0.3 is 5.32 Å². The maximum Gasteiger partial charge on any atom is 0.288 e. The first-order valence-corrected chi connectivity index (χ1v) is 6.96. The summed E-state index contributed by atoms with van der Waals surface area (Å²) in [6.45, 7) is 1.57. The van der Waals surface area contributed by atoms with Gasteiger partial charge in [-0.3, -0.25) is 4.79 Å². The van der Waals surface area contributed by atoms with Crippen LogP contribution in [0.1, 0.15) is 15.9 Å². The molecule has 21 heavy (non-hydrogen) atoms. The van der Waals surface area contributed by atoms with Crippen LogP contribution in [0.2, 0.25) is 0 Å². The van der Waals surface area contributed by atoms with Gasteiger partial charge in [-0.25, -0.2) is 4.39 Å². The first-order chi connectivity index (χ1) is 9.97. The molecule has 2 aromatic carbocycles. The normalized spacial score (nSPS) is 10.7. The Balaban J connectivity index is 2.11. The van der Waals surface area contributed by atoms with E-state index >= 15 is 0 Å². The Labute approximate surface area is 124 Å². The summed E-state index contributed by atoms with van der Waals surface area (Å²) in [4.78, 5) is 12.4. The molecule has 0 aliphatic heterocycles. The van der Waals surface area contributed by atoms with Crippen LogP contribution >= 0.6 is 11.8 Å². The lowest BCUT2D eigenvalue weighted by Gasteiger charge is -2.08. The fraction of sp³-hybridized carbons (Fsp3) is 0.133. The van der Waals surface area contributed by atoms with Crippen molar-refractivity contribution in [1.29, 1.82) is 0 Å². The van der Waals surface area contributed by atoms with Crippen molar-refractivity contribution in [2.75, 3.05) is 5.32 Å². The fourth-order valence-corrected chi connectivity index (χ4v) is 2.24. The second-order valence-corrected chi connectivity index (χ2v) is 5.36. The first kappa shape index (κ1) is 15.4. The highest BCUT2D eigenvalue weighted by molar-refractivity contribution is 7.99. The Kier molecular flexibility index (Phi) is 4.90. The number of amides is 1. The number of alkyl halides is 2. The Bertz CT molecular complexity index is 644. The summed E-state index contributed by atoms with van der Waals surface area (Å²) in [5, 5.41) is 2.53. The van der Waals surface area contributed by atoms with Crippen molar-refractivity contribution in [3.05, 3.63) is 59.4 Å². The number of carbonyl (C=O) groups is 1. The smallest absolute Gasteiger partial charge is 0.288 e. The molecule has 0 heterocycles. The second-order valence-electron chi connectivity index (χ2n) is 4.29. The molecule has 0 saturated carbocycles. The Morgan fingerprint density at radius 1 is 1.14 bits per heavy atom. The van der Waals surface area contributed by atoms with E-state index in [0.29, 0.717) is 27.9 Å². The van der Waals surface area contributed by atoms with Crippen LogP contribution in [-0.2, 0) is 0 Å². The average molecular weight is 311 g/mol. The Morgan fingerprint density at radius 3 is 2.43 bits per heavy atom. The lowest BCUT2D eigenvalue weighted by Crippen LogP contribution is -2.14. The summed E-state index contributed by atoms with van der Waals surface area (Å²) in [7, 11) is 0. The third kappa shape index (κ3) is 4.01. The predicted octanol–water partition coefficient (Wildman–Crippen LogP) is 4.70. The van der Waals surface area contributed by atoms with Gasteiger partial charge in [-0.05, 0) is 42.8 Å². The van der Waals surface area contributed by atoms with Gasteiger partial charge >= 0.3 is 0 Å². The van der Waals surface area contributed by atoms with Crippen molar-refractivity contribution in [2.24, 2.45) is 0 Å². The van der Waals surface area contributed by atoms with Crippen molar-refractivity contribution in [2.45, 2.75) is 17.6 Å². The first-order valence-electron chi connectivity index (χ1n) is 6.08. The predicted molar refractivity (Wildman–Crippen MR) is 77.4 cm³/mol. The van der Waals surface area contributed by atoms with E-state index in [0.717, 1.165) is 0 Å². The molecule has 1 amide bonds. The average Bonchev–Trinajstić information content (AvgIpc) is 2.43. The summed E-state index contributed by atoms with van der Waals surface area (Å²) in [6, 6.07) is 10.5. The van der Waals surface area contributed by atoms with Gasteiger partial charge in [0.1, 0.15) is 5.82 Å². The third-order valence-corrected chi connectivity index (χ3v) is 3.50. The van der Waals surface area contributed by atoms with E-state index in [1.54, 1.807) is 19.1 Å². The van der Waals surface area contributed by atoms with E-state index in [4.69, 9.17) is 0 Å². The Morgan fingerprint density at radius 2 is 1.81 bits per heavy atom. The number of rotatable bonds is 4. The summed E-state index contributed by atoms with van der Waals surface area (Å²) >= 11 is 0.421. The number of hydrogen-bond acceptors (Lipinski definition) is 2. The highest BCUT2D eigenvalue weighted by Crippen LogP contribution is 2.26. The van der Waals surface area contributed by atoms with Gasteiger partial charge in [0, 0.05) is 10.6 Å². The number of nitrogens with one attached hydrogen (secondary N) is 1. The SMILES string of the molecule is Cc1cccc(C(=O)Nc2ccc(SC(F)F)cc2)c1F. The maximum atomic E-state index is 13.8. The molecule has 0 fully saturated rings. The molecule has 0 bridgehead atoms. The zero-order chi connectivity index (χ0) is 15.4. The van der Waals surface area contributed by atoms with Crippen molar-refractivity contribution in [3.63, 3.8) is 0 Å². The van der Waals surface area contributed by atoms with Crippen LogP contribution in [0.25, 0.3) is 0 Å². The van der Waals surface area contributed by atoms with Crippen LogP contribution in [0.4, 0.5) is 18.9 Å². The summed E-state index contributed by atoms with van der Waals surface area (Å²) in [5.74, 6) is -3.64. The van der Waals surface area contributed by atoms with E-state index in [2.05, 4.69) is 5.32 Å². The lowest BCUT2D eigenvalue weighted by molar-refractivity contribution is 0.102. The van der Waals surface area contributed by atoms with Crippen LogP contribution in [0.15, 0.2) is 47.4 Å². The van der Waals surface area contributed by atoms with E-state index in [1.807, 2.05) is 0 Å². The van der Waals surface area contributed by atoms with Crippen LogP contribution in [0.3, 0.4) is 0 Å². The quantitative estimate of drug-likeness (QED) is 0.829. The molecule has 0 saturated heterocycles. The highest BCUT2D eigenvalue weighted by Gasteiger charge is 2.13. The van der Waals surface area contributed by atoms with Gasteiger partial charge in [0.25, 0.3) is 11.7 Å². The van der Waals surface area contributed by atoms with Crippen LogP contribution < -0.4 is 5.32 Å². The second kappa shape index (κ2) is 6.67. The van der Waals surface area contributed by atoms with Gasteiger partial charge in [0.05, 0.1) is 5.56 Å². The molecule has 0 aromatic heterocycles. The molecular weight excluding hydrogens is 299 g/mol. The molecule has 0 aliphatic rings. The standard InChI is InChI=1S/C15H12F3NOS/c1-9-3-2-4-12(13(9)16)14(20)19-10-5-7-11(8-6-10)21-15(17)18/h2-8,15H,1H3,(H,19,20). The number of hydrogen-bond donors (Lipinski definition) is 1. The van der Waals surface area contributed by atoms with Crippen LogP contribution in [0.5, 0.6) is 0 Å². The molecule has 6 heteroatoms. The monoisotopic (exact) mass is 311 g/mol. The van der Waals surface area contributed by atoms with Gasteiger partial charge in [-0.1, -0.05) is 23.9 Å². The number of halogens is 3. The molecular formula is C15H12F3NOS. The van der Waals surface area contributed by atoms with Gasteiger partial charge in [-0.15, -0.1) is 0 Å². The van der Waals surface area contributed by atoms with Crippen LogP contribution in [-0.4, -0.2) is 11.7 Å². The molecule has 0 spiro atoms. The molecule has 110 valence electrons. The van der Waals surface area contributed by atoms with Crippen molar-refractivity contribution in [1.82, 2.24) is 0 Å². The third-order valence-electron chi connectivity index (χ3n) is 2.77. The molecule has 0 unspecified atom stereocenters. The summed E-state index contributed by atoms with van der Waals surface area (Å²) in [5.41, 5.74) is 0.742. The van der Waals surface area contributed by atoms with E-state index in [9.17, 15) is 18.0 Å². The molecule has 0 aliphatic carbocycles. The minimum absolute atomic E-state index is 0.0546. The molecule has 2 nitrogen and oxygen atoms in total. The number of thioether (sulfide) groups is 1. The fourth-order valence-electron chi connectivity index (χ4n) is 1.74. The zero-order valence-electron chi connectivity index (χ0n) is 11.1. The van der Waals surface area contributed by atoms with E-state index in [1.165, 1.54) is 30.3 Å². The minimum Gasteiger partial charge on any atom is -0.322 e. The van der Waals surface area contributed by atoms with Crippen molar-refractivity contribution in [3.8, 4) is 0 Å². The van der Waals surface area contributed by atoms with Crippen molar-refractivity contribution < 1.29 is 18.0 Å². The number of benzene rings is 2. The molecule has 0 radical (unpaired) electrons.